The second kappa shape index (κ2) is 14.1. The van der Waals surface area contributed by atoms with Crippen molar-refractivity contribution in [2.45, 2.75) is 33.4 Å². The van der Waals surface area contributed by atoms with Crippen molar-refractivity contribution in [2.75, 3.05) is 25.1 Å². The summed E-state index contributed by atoms with van der Waals surface area (Å²) in [4.78, 5) is 36.5. The molecule has 0 radical (unpaired) electrons. The Kier molecular flexibility index (Phi) is 10.3. The van der Waals surface area contributed by atoms with E-state index >= 15 is 0 Å². The number of nitrogens with zero attached hydrogens (tertiary/aromatic N) is 5. The summed E-state index contributed by atoms with van der Waals surface area (Å²) in [6.07, 6.45) is 6.28. The molecule has 1 N–H and O–H groups in total. The third-order valence-corrected chi connectivity index (χ3v) is 8.11. The minimum atomic E-state index is -1.03. The van der Waals surface area contributed by atoms with Crippen molar-refractivity contribution in [2.24, 2.45) is 0 Å². The molecule has 3 heterocycles. The van der Waals surface area contributed by atoms with Gasteiger partial charge in [-0.1, -0.05) is 37.3 Å². The van der Waals surface area contributed by atoms with Gasteiger partial charge >= 0.3 is 5.97 Å². The summed E-state index contributed by atoms with van der Waals surface area (Å²) in [5, 5.41) is 18.7. The van der Waals surface area contributed by atoms with Gasteiger partial charge in [-0.25, -0.2) is 19.2 Å². The number of halogens is 1. The summed E-state index contributed by atoms with van der Waals surface area (Å²) in [6.45, 7) is 5.41. The molecule has 0 spiro atoms. The Hall–Kier alpha value is -4.21. The number of hydrogen-bond acceptors (Lipinski definition) is 8. The molecule has 0 bridgehead atoms. The molecule has 2 aromatic carbocycles. The van der Waals surface area contributed by atoms with E-state index in [9.17, 15) is 19.1 Å². The number of carboxylic acids is 1. The molecule has 42 heavy (non-hydrogen) atoms. The third-order valence-electron chi connectivity index (χ3n) is 6.54. The minimum absolute atomic E-state index is 0.00266. The summed E-state index contributed by atoms with van der Waals surface area (Å²) < 4.78 is 21.6. The van der Waals surface area contributed by atoms with Gasteiger partial charge in [-0.05, 0) is 48.6 Å². The van der Waals surface area contributed by atoms with E-state index in [-0.39, 0.29) is 23.6 Å². The predicted octanol–water partition coefficient (Wildman–Crippen LogP) is 6.10. The molecule has 5 rings (SSSR count). The zero-order valence-corrected chi connectivity index (χ0v) is 25.1. The van der Waals surface area contributed by atoms with E-state index in [1.54, 1.807) is 41.1 Å². The molecule has 0 fully saturated rings. The lowest BCUT2D eigenvalue weighted by Gasteiger charge is -2.26. The summed E-state index contributed by atoms with van der Waals surface area (Å²) in [6, 6.07) is 10.8. The summed E-state index contributed by atoms with van der Waals surface area (Å²) in [7, 11) is 0. The Bertz CT molecular complexity index is 1670. The van der Waals surface area contributed by atoms with Gasteiger partial charge in [-0.2, -0.15) is 17.0 Å². The van der Waals surface area contributed by atoms with Crippen LogP contribution in [0.1, 0.15) is 57.2 Å². The van der Waals surface area contributed by atoms with E-state index in [0.29, 0.717) is 53.7 Å². The normalized spacial score (nSPS) is 12.7. The van der Waals surface area contributed by atoms with Crippen molar-refractivity contribution in [3.63, 3.8) is 0 Å². The van der Waals surface area contributed by atoms with Crippen molar-refractivity contribution < 1.29 is 23.8 Å². The molecule has 1 aliphatic rings. The van der Waals surface area contributed by atoms with Gasteiger partial charge in [-0.3, -0.25) is 4.79 Å². The first-order valence-corrected chi connectivity index (χ1v) is 15.6. The monoisotopic (exact) mass is 607 g/mol. The van der Waals surface area contributed by atoms with Crippen LogP contribution in [0.5, 0.6) is 5.19 Å². The van der Waals surface area contributed by atoms with Crippen LogP contribution in [0.15, 0.2) is 48.7 Å². The molecule has 0 unspecified atom stereocenters. The standard InChI is InChI=1S/C28H24FN5O4S2.C2H6/c1-39-11-10-34-23-13-19(27(36)37)4-5-22(23)32-25(34)26(35)33-8-6-18(7-9-33)24-15-31-28(40-24)38-16-20-3-2-17(14-30)12-21(20)29;1-2/h2-6,12-13,15H,7-11,16H2,1H3,(H,36,37);1-2H3. The van der Waals surface area contributed by atoms with Crippen LogP contribution < -0.4 is 4.74 Å². The number of rotatable bonds is 9. The fraction of sp³-hybridized carbons (Fsp3) is 0.300. The lowest BCUT2D eigenvalue weighted by molar-refractivity contribution is 0.0696. The van der Waals surface area contributed by atoms with Gasteiger partial charge in [-0.15, -0.1) is 0 Å². The number of benzene rings is 2. The molecule has 0 saturated heterocycles. The first-order chi connectivity index (χ1) is 20.4. The van der Waals surface area contributed by atoms with Gasteiger partial charge in [0.1, 0.15) is 12.4 Å². The molecule has 2 aromatic heterocycles. The van der Waals surface area contributed by atoms with Crippen LogP contribution in [0.25, 0.3) is 16.6 Å². The van der Waals surface area contributed by atoms with Gasteiger partial charge in [0.15, 0.2) is 5.82 Å². The number of carbonyl (C=O) groups is 2. The van der Waals surface area contributed by atoms with Gasteiger partial charge in [0.25, 0.3) is 11.1 Å². The molecular weight excluding hydrogens is 577 g/mol. The fourth-order valence-corrected chi connectivity index (χ4v) is 5.59. The Balaban J connectivity index is 0.00000198. The highest BCUT2D eigenvalue weighted by molar-refractivity contribution is 7.98. The number of thiazole rings is 1. The highest BCUT2D eigenvalue weighted by atomic mass is 32.2. The molecule has 1 amide bonds. The van der Waals surface area contributed by atoms with Crippen molar-refractivity contribution in [3.8, 4) is 11.3 Å². The number of carbonyl (C=O) groups excluding carboxylic acids is 1. The molecule has 4 aromatic rings. The van der Waals surface area contributed by atoms with E-state index in [0.717, 1.165) is 16.2 Å². The number of aryl methyl sites for hydroxylation is 1. The number of ether oxygens (including phenoxy) is 1. The maximum atomic E-state index is 14.1. The average molecular weight is 608 g/mol. The summed E-state index contributed by atoms with van der Waals surface area (Å²) in [5.41, 5.74) is 2.99. The topological polar surface area (TPSA) is 121 Å². The first-order valence-electron chi connectivity index (χ1n) is 13.4. The number of aromatic carboxylic acids is 1. The molecule has 218 valence electrons. The van der Waals surface area contributed by atoms with E-state index in [2.05, 4.69) is 9.97 Å². The van der Waals surface area contributed by atoms with Crippen LogP contribution in [-0.2, 0) is 13.2 Å². The van der Waals surface area contributed by atoms with E-state index in [1.165, 1.54) is 29.5 Å². The first kappa shape index (κ1) is 30.7. The zero-order chi connectivity index (χ0) is 30.2. The fourth-order valence-electron chi connectivity index (χ4n) is 4.39. The predicted molar refractivity (Wildman–Crippen MR) is 162 cm³/mol. The second-order valence-electron chi connectivity index (χ2n) is 9.02. The van der Waals surface area contributed by atoms with Crippen LogP contribution in [0.3, 0.4) is 0 Å². The van der Waals surface area contributed by atoms with Crippen LogP contribution in [0.2, 0.25) is 0 Å². The molecule has 9 nitrogen and oxygen atoms in total. The van der Waals surface area contributed by atoms with Gasteiger partial charge < -0.3 is 19.3 Å². The summed E-state index contributed by atoms with van der Waals surface area (Å²) in [5.74, 6) is -0.686. The maximum Gasteiger partial charge on any atom is 0.335 e. The smallest absolute Gasteiger partial charge is 0.335 e. The van der Waals surface area contributed by atoms with Crippen molar-refractivity contribution in [1.82, 2.24) is 19.4 Å². The average Bonchev–Trinajstić information content (AvgIpc) is 3.64. The van der Waals surface area contributed by atoms with Crippen LogP contribution in [-0.4, -0.2) is 61.5 Å². The third kappa shape index (κ3) is 6.80. The van der Waals surface area contributed by atoms with Crippen LogP contribution >= 0.6 is 23.1 Å². The van der Waals surface area contributed by atoms with Crippen LogP contribution in [0.4, 0.5) is 4.39 Å². The number of nitriles is 1. The second-order valence-corrected chi connectivity index (χ2v) is 11.0. The lowest BCUT2D eigenvalue weighted by Crippen LogP contribution is -2.36. The number of thioether (sulfide) groups is 1. The zero-order valence-electron chi connectivity index (χ0n) is 23.5. The lowest BCUT2D eigenvalue weighted by atomic mass is 10.1. The number of amides is 1. The largest absolute Gasteiger partial charge is 0.478 e. The Morgan fingerprint density at radius 3 is 2.71 bits per heavy atom. The van der Waals surface area contributed by atoms with Crippen LogP contribution in [0, 0.1) is 17.1 Å². The molecule has 1 aliphatic heterocycles. The van der Waals surface area contributed by atoms with Crippen molar-refractivity contribution in [3.05, 3.63) is 81.9 Å². The molecule has 0 saturated carbocycles. The quantitative estimate of drug-likeness (QED) is 0.242. The maximum absolute atomic E-state index is 14.1. The summed E-state index contributed by atoms with van der Waals surface area (Å²) >= 11 is 2.98. The Morgan fingerprint density at radius 2 is 2.05 bits per heavy atom. The number of fused-ring (bicyclic) bond motifs is 1. The van der Waals surface area contributed by atoms with E-state index in [1.807, 2.05) is 36.8 Å². The van der Waals surface area contributed by atoms with Gasteiger partial charge in [0.05, 0.1) is 33.1 Å². The number of aromatic nitrogens is 3. The van der Waals surface area contributed by atoms with Gasteiger partial charge in [0.2, 0.25) is 0 Å². The van der Waals surface area contributed by atoms with Crippen molar-refractivity contribution in [1.29, 1.82) is 5.26 Å². The number of imidazole rings is 1. The SMILES string of the molecule is CC.CSCCn1c(C(=O)N2CC=C(c3cnc(OCc4ccc(C#N)cc4F)s3)CC2)nc2ccc(C(=O)O)cc21. The highest BCUT2D eigenvalue weighted by Gasteiger charge is 2.26. The minimum Gasteiger partial charge on any atom is -0.478 e. The van der Waals surface area contributed by atoms with Crippen molar-refractivity contribution >= 4 is 51.6 Å². The molecule has 0 aliphatic carbocycles. The van der Waals surface area contributed by atoms with Gasteiger partial charge in [0, 0.05) is 37.1 Å². The number of carboxylic acid groups (broad SMARTS) is 1. The van der Waals surface area contributed by atoms with E-state index in [4.69, 9.17) is 10.00 Å². The Labute approximate surface area is 251 Å². The molecular formula is C30H30FN5O4S2. The molecule has 12 heteroatoms. The highest BCUT2D eigenvalue weighted by Crippen LogP contribution is 2.32. The number of hydrogen-bond donors (Lipinski definition) is 1. The van der Waals surface area contributed by atoms with E-state index < -0.39 is 11.8 Å². The molecule has 0 atom stereocenters. The Morgan fingerprint density at radius 1 is 1.24 bits per heavy atom.